The molecule has 1 saturated heterocycles. The number of hydrogen-bond acceptors (Lipinski definition) is 4. The van der Waals surface area contributed by atoms with Gasteiger partial charge in [-0.25, -0.2) is 0 Å². The molecule has 0 aliphatic carbocycles. The van der Waals surface area contributed by atoms with E-state index in [1.165, 1.54) is 24.0 Å². The van der Waals surface area contributed by atoms with Crippen LogP contribution >= 0.6 is 0 Å². The van der Waals surface area contributed by atoms with E-state index in [0.29, 0.717) is 0 Å². The zero-order valence-electron chi connectivity index (χ0n) is 17.2. The lowest BCUT2D eigenvalue weighted by molar-refractivity contribution is 0.241. The fraction of sp³-hybridized carbons (Fsp3) is 0.500. The molecule has 2 aromatic rings. The Morgan fingerprint density at radius 1 is 0.536 bits per heavy atom. The van der Waals surface area contributed by atoms with Gasteiger partial charge in [0.1, 0.15) is 0 Å². The Bertz CT molecular complexity index is 558. The van der Waals surface area contributed by atoms with Gasteiger partial charge in [0.25, 0.3) is 0 Å². The van der Waals surface area contributed by atoms with E-state index in [1.54, 1.807) is 0 Å². The van der Waals surface area contributed by atoms with Crippen LogP contribution in [-0.2, 0) is 13.1 Å². The summed E-state index contributed by atoms with van der Waals surface area (Å²) in [5, 5.41) is 7.31. The van der Waals surface area contributed by atoms with Crippen LogP contribution in [0.1, 0.15) is 24.0 Å². The van der Waals surface area contributed by atoms with Crippen molar-refractivity contribution in [3.8, 4) is 0 Å². The number of rotatable bonds is 4. The summed E-state index contributed by atoms with van der Waals surface area (Å²) in [7, 11) is 0. The zero-order valence-corrected chi connectivity index (χ0v) is 17.2. The first-order chi connectivity index (χ1) is 13.9. The predicted molar refractivity (Wildman–Crippen MR) is 118 cm³/mol. The average Bonchev–Trinajstić information content (AvgIpc) is 2.73. The summed E-state index contributed by atoms with van der Waals surface area (Å²) in [5.74, 6) is 0. The Kier molecular flexibility index (Phi) is 9.51. The molecule has 0 bridgehead atoms. The van der Waals surface area contributed by atoms with Gasteiger partial charge in [0.2, 0.25) is 0 Å². The molecule has 4 heteroatoms. The van der Waals surface area contributed by atoms with Gasteiger partial charge in [-0.05, 0) is 50.1 Å². The third kappa shape index (κ3) is 8.11. The maximum Gasteiger partial charge on any atom is 0.0234 e. The first-order valence-electron chi connectivity index (χ1n) is 10.8. The number of benzene rings is 2. The summed E-state index contributed by atoms with van der Waals surface area (Å²) < 4.78 is 0. The van der Waals surface area contributed by atoms with Crippen molar-refractivity contribution in [2.45, 2.75) is 25.9 Å². The Balaban J connectivity index is 1.45. The Labute approximate surface area is 170 Å². The fourth-order valence-corrected chi connectivity index (χ4v) is 3.80. The summed E-state index contributed by atoms with van der Waals surface area (Å²) in [6.45, 7) is 11.0. The topological polar surface area (TPSA) is 30.5 Å². The summed E-state index contributed by atoms with van der Waals surface area (Å²) in [6, 6.07) is 21.7. The maximum absolute atomic E-state index is 3.66. The predicted octanol–water partition coefficient (Wildman–Crippen LogP) is 2.96. The Morgan fingerprint density at radius 3 is 1.39 bits per heavy atom. The largest absolute Gasteiger partial charge is 0.315 e. The van der Waals surface area contributed by atoms with Crippen molar-refractivity contribution >= 4 is 0 Å². The van der Waals surface area contributed by atoms with Crippen LogP contribution in [0.4, 0.5) is 0 Å². The van der Waals surface area contributed by atoms with Crippen LogP contribution < -0.4 is 10.6 Å². The van der Waals surface area contributed by atoms with Crippen molar-refractivity contribution in [2.24, 2.45) is 0 Å². The first-order valence-corrected chi connectivity index (χ1v) is 10.8. The van der Waals surface area contributed by atoms with E-state index < -0.39 is 0 Å². The minimum absolute atomic E-state index is 1.05. The van der Waals surface area contributed by atoms with E-state index in [2.05, 4.69) is 81.1 Å². The number of hydrogen-bond donors (Lipinski definition) is 2. The van der Waals surface area contributed by atoms with Crippen molar-refractivity contribution in [1.29, 1.82) is 0 Å². The molecule has 152 valence electrons. The van der Waals surface area contributed by atoms with Crippen LogP contribution in [0.3, 0.4) is 0 Å². The molecule has 0 atom stereocenters. The minimum atomic E-state index is 1.05. The molecule has 0 spiro atoms. The Hall–Kier alpha value is -1.72. The molecule has 0 radical (unpaired) electrons. The highest BCUT2D eigenvalue weighted by molar-refractivity contribution is 5.15. The molecular formula is C24H36N4. The van der Waals surface area contributed by atoms with E-state index >= 15 is 0 Å². The molecule has 2 aromatic carbocycles. The molecule has 1 heterocycles. The number of nitrogens with one attached hydrogen (secondary N) is 2. The van der Waals surface area contributed by atoms with Crippen LogP contribution in [0, 0.1) is 0 Å². The molecule has 1 aliphatic heterocycles. The third-order valence-electron chi connectivity index (χ3n) is 5.36. The molecule has 0 aromatic heterocycles. The molecular weight excluding hydrogens is 344 g/mol. The van der Waals surface area contributed by atoms with Gasteiger partial charge in [-0.1, -0.05) is 60.7 Å². The molecule has 28 heavy (non-hydrogen) atoms. The van der Waals surface area contributed by atoms with E-state index in [0.717, 1.165) is 65.4 Å². The second kappa shape index (κ2) is 12.7. The SMILES string of the molecule is c1ccc(CN2CCCNCCN(Cc3ccccc3)CCCNCC2)cc1. The van der Waals surface area contributed by atoms with Gasteiger partial charge in [0, 0.05) is 39.3 Å². The smallest absolute Gasteiger partial charge is 0.0234 e. The summed E-state index contributed by atoms with van der Waals surface area (Å²) in [6.07, 6.45) is 2.40. The van der Waals surface area contributed by atoms with E-state index in [4.69, 9.17) is 0 Å². The summed E-state index contributed by atoms with van der Waals surface area (Å²) >= 11 is 0. The van der Waals surface area contributed by atoms with Crippen molar-refractivity contribution in [1.82, 2.24) is 20.4 Å². The minimum Gasteiger partial charge on any atom is -0.315 e. The van der Waals surface area contributed by atoms with Gasteiger partial charge in [-0.3, -0.25) is 9.80 Å². The lowest BCUT2D eigenvalue weighted by atomic mass is 10.2. The quantitative estimate of drug-likeness (QED) is 0.854. The number of nitrogens with zero attached hydrogens (tertiary/aromatic N) is 2. The van der Waals surface area contributed by atoms with E-state index in [9.17, 15) is 0 Å². The molecule has 4 nitrogen and oxygen atoms in total. The second-order valence-corrected chi connectivity index (χ2v) is 7.73. The molecule has 3 rings (SSSR count). The van der Waals surface area contributed by atoms with Gasteiger partial charge in [-0.2, -0.15) is 0 Å². The Morgan fingerprint density at radius 2 is 0.964 bits per heavy atom. The van der Waals surface area contributed by atoms with Gasteiger partial charge in [-0.15, -0.1) is 0 Å². The highest BCUT2D eigenvalue weighted by Gasteiger charge is 2.09. The van der Waals surface area contributed by atoms with Crippen LogP contribution in [-0.4, -0.2) is 62.2 Å². The van der Waals surface area contributed by atoms with Crippen LogP contribution in [0.2, 0.25) is 0 Å². The van der Waals surface area contributed by atoms with Crippen LogP contribution in [0.15, 0.2) is 60.7 Å². The van der Waals surface area contributed by atoms with Crippen LogP contribution in [0.5, 0.6) is 0 Å². The highest BCUT2D eigenvalue weighted by atomic mass is 15.2. The standard InChI is InChI=1S/C24H36N4/c1-3-9-23(10-4-1)21-27-17-7-13-26-16-20-28(18-8-14-25-15-19-27)22-24-11-5-2-6-12-24/h1-6,9-12,25-26H,7-8,13-22H2. The van der Waals surface area contributed by atoms with Gasteiger partial charge >= 0.3 is 0 Å². The molecule has 0 saturated carbocycles. The summed E-state index contributed by atoms with van der Waals surface area (Å²) in [5.41, 5.74) is 2.82. The van der Waals surface area contributed by atoms with E-state index in [1.807, 2.05) is 0 Å². The van der Waals surface area contributed by atoms with Gasteiger partial charge < -0.3 is 10.6 Å². The lowest BCUT2D eigenvalue weighted by Gasteiger charge is -2.25. The van der Waals surface area contributed by atoms with Crippen LogP contribution in [0.25, 0.3) is 0 Å². The fourth-order valence-electron chi connectivity index (χ4n) is 3.80. The highest BCUT2D eigenvalue weighted by Crippen LogP contribution is 2.06. The van der Waals surface area contributed by atoms with Crippen molar-refractivity contribution in [3.63, 3.8) is 0 Å². The van der Waals surface area contributed by atoms with Gasteiger partial charge in [0.05, 0.1) is 0 Å². The molecule has 0 amide bonds. The zero-order chi connectivity index (χ0) is 19.3. The van der Waals surface area contributed by atoms with Crippen molar-refractivity contribution in [3.05, 3.63) is 71.8 Å². The summed E-state index contributed by atoms with van der Waals surface area (Å²) in [4.78, 5) is 5.16. The molecule has 2 N–H and O–H groups in total. The molecule has 1 fully saturated rings. The molecule has 0 unspecified atom stereocenters. The maximum atomic E-state index is 3.66. The molecule has 1 aliphatic rings. The van der Waals surface area contributed by atoms with E-state index in [-0.39, 0.29) is 0 Å². The van der Waals surface area contributed by atoms with Gasteiger partial charge in [0.15, 0.2) is 0 Å². The second-order valence-electron chi connectivity index (χ2n) is 7.73. The van der Waals surface area contributed by atoms with Crippen molar-refractivity contribution < 1.29 is 0 Å². The monoisotopic (exact) mass is 380 g/mol. The third-order valence-corrected chi connectivity index (χ3v) is 5.36. The average molecular weight is 381 g/mol. The van der Waals surface area contributed by atoms with Crippen molar-refractivity contribution in [2.75, 3.05) is 52.4 Å². The first kappa shape index (κ1) is 21.0. The normalized spacial score (nSPS) is 19.1. The lowest BCUT2D eigenvalue weighted by Crippen LogP contribution is -2.38.